The number of rotatable bonds is 1. The summed E-state index contributed by atoms with van der Waals surface area (Å²) in [7, 11) is 0. The van der Waals surface area contributed by atoms with E-state index in [-0.39, 0.29) is 0 Å². The normalized spacial score (nSPS) is 14.8. The summed E-state index contributed by atoms with van der Waals surface area (Å²) in [4.78, 5) is 7.99. The minimum atomic E-state index is 0.716. The van der Waals surface area contributed by atoms with Crippen LogP contribution in [0.5, 0.6) is 0 Å². The first-order chi connectivity index (χ1) is 9.24. The molecule has 0 radical (unpaired) electrons. The quantitative estimate of drug-likeness (QED) is 0.608. The van der Waals surface area contributed by atoms with Crippen LogP contribution in [0, 0.1) is 4.64 Å². The topological polar surface area (TPSA) is 28.7 Å². The summed E-state index contributed by atoms with van der Waals surface area (Å²) in [6.07, 6.45) is 5.81. The van der Waals surface area contributed by atoms with Crippen LogP contribution in [-0.4, -0.2) is 9.97 Å². The van der Waals surface area contributed by atoms with Crippen LogP contribution in [0.3, 0.4) is 0 Å². The van der Waals surface area contributed by atoms with E-state index in [4.69, 9.17) is 23.8 Å². The van der Waals surface area contributed by atoms with Gasteiger partial charge in [-0.2, -0.15) is 0 Å². The average molecular weight is 291 g/mol. The lowest BCUT2D eigenvalue weighted by Crippen LogP contribution is -2.01. The van der Waals surface area contributed by atoms with E-state index in [1.165, 1.54) is 30.5 Å². The molecule has 4 heteroatoms. The minimum Gasteiger partial charge on any atom is -0.343 e. The molecule has 0 amide bonds. The molecule has 0 spiro atoms. The van der Waals surface area contributed by atoms with Crippen LogP contribution < -0.4 is 0 Å². The summed E-state index contributed by atoms with van der Waals surface area (Å²) in [5.74, 6) is 0.827. The highest BCUT2D eigenvalue weighted by atomic mass is 35.5. The highest BCUT2D eigenvalue weighted by molar-refractivity contribution is 7.71. The van der Waals surface area contributed by atoms with Gasteiger partial charge in [0.2, 0.25) is 0 Å². The van der Waals surface area contributed by atoms with Crippen LogP contribution in [0.15, 0.2) is 24.3 Å². The van der Waals surface area contributed by atoms with Crippen molar-refractivity contribution in [3.63, 3.8) is 0 Å². The van der Waals surface area contributed by atoms with Crippen LogP contribution in [0.2, 0.25) is 5.02 Å². The van der Waals surface area contributed by atoms with Gasteiger partial charge in [0.25, 0.3) is 0 Å². The van der Waals surface area contributed by atoms with E-state index in [9.17, 15) is 0 Å². The zero-order valence-corrected chi connectivity index (χ0v) is 12.2. The predicted molar refractivity (Wildman–Crippen MR) is 81.1 cm³/mol. The van der Waals surface area contributed by atoms with Gasteiger partial charge < -0.3 is 4.98 Å². The smallest absolute Gasteiger partial charge is 0.139 e. The van der Waals surface area contributed by atoms with Crippen molar-refractivity contribution in [2.45, 2.75) is 32.1 Å². The van der Waals surface area contributed by atoms with Gasteiger partial charge in [0.1, 0.15) is 10.5 Å². The molecule has 1 aliphatic carbocycles. The number of nitrogens with zero attached hydrogens (tertiary/aromatic N) is 1. The maximum atomic E-state index is 6.04. The second-order valence-electron chi connectivity index (χ2n) is 4.92. The van der Waals surface area contributed by atoms with Crippen LogP contribution in [0.1, 0.15) is 30.5 Å². The maximum absolute atomic E-state index is 6.04. The largest absolute Gasteiger partial charge is 0.343 e. The van der Waals surface area contributed by atoms with Gasteiger partial charge in [-0.05, 0) is 37.8 Å². The molecule has 0 unspecified atom stereocenters. The molecule has 1 aliphatic rings. The number of fused-ring (bicyclic) bond motifs is 1. The number of aromatic nitrogens is 2. The van der Waals surface area contributed by atoms with Gasteiger partial charge in [-0.1, -0.05) is 42.4 Å². The van der Waals surface area contributed by atoms with Crippen molar-refractivity contribution in [1.82, 2.24) is 9.97 Å². The Morgan fingerprint density at radius 1 is 1.16 bits per heavy atom. The first-order valence-corrected chi connectivity index (χ1v) is 7.41. The summed E-state index contributed by atoms with van der Waals surface area (Å²) in [6.45, 7) is 0. The molecule has 2 nitrogen and oxygen atoms in total. The Morgan fingerprint density at radius 2 is 2.00 bits per heavy atom. The van der Waals surface area contributed by atoms with Crippen LogP contribution >= 0.6 is 23.8 Å². The summed E-state index contributed by atoms with van der Waals surface area (Å²) >= 11 is 11.5. The molecule has 0 saturated heterocycles. The molecule has 98 valence electrons. The number of H-pyrrole nitrogens is 1. The van der Waals surface area contributed by atoms with Crippen molar-refractivity contribution in [2.24, 2.45) is 0 Å². The van der Waals surface area contributed by atoms with Crippen LogP contribution in [0.25, 0.3) is 11.4 Å². The van der Waals surface area contributed by atoms with E-state index in [0.717, 1.165) is 28.9 Å². The Balaban J connectivity index is 2.11. The Bertz CT molecular complexity index is 663. The lowest BCUT2D eigenvalue weighted by Gasteiger charge is -2.09. The number of aryl methyl sites for hydroxylation is 1. The lowest BCUT2D eigenvalue weighted by molar-refractivity contribution is 0.708. The molecule has 3 rings (SSSR count). The van der Waals surface area contributed by atoms with Crippen molar-refractivity contribution in [1.29, 1.82) is 0 Å². The Kier molecular flexibility index (Phi) is 3.67. The highest BCUT2D eigenvalue weighted by Gasteiger charge is 2.13. The van der Waals surface area contributed by atoms with Crippen molar-refractivity contribution < 1.29 is 0 Å². The molecule has 1 N–H and O–H groups in total. The van der Waals surface area contributed by atoms with Gasteiger partial charge in [0.15, 0.2) is 0 Å². The third-order valence-electron chi connectivity index (χ3n) is 3.56. The van der Waals surface area contributed by atoms with Crippen LogP contribution in [-0.2, 0) is 12.8 Å². The third-order valence-corrected chi connectivity index (χ3v) is 4.13. The number of nitrogens with one attached hydrogen (secondary N) is 1. The molecule has 2 aromatic rings. The number of hydrogen-bond donors (Lipinski definition) is 1. The summed E-state index contributed by atoms with van der Waals surface area (Å²) in [6, 6.07) is 7.71. The third kappa shape index (κ3) is 2.72. The lowest BCUT2D eigenvalue weighted by atomic mass is 10.1. The number of hydrogen-bond acceptors (Lipinski definition) is 2. The van der Waals surface area contributed by atoms with E-state index in [1.807, 2.05) is 24.3 Å². The Hall–Kier alpha value is -1.19. The summed E-state index contributed by atoms with van der Waals surface area (Å²) in [5.41, 5.74) is 3.48. The first kappa shape index (κ1) is 12.8. The standard InChI is InChI=1S/C15H15ClN2S/c16-11-6-4-5-10(9-11)14-17-13-8-3-1-2-7-12(13)15(19)18-14/h4-6,9H,1-3,7-8H2,(H,17,18,19). The molecular formula is C15H15ClN2S. The van der Waals surface area contributed by atoms with E-state index in [1.54, 1.807) is 0 Å². The number of benzene rings is 1. The SMILES string of the molecule is S=c1nc(-c2cccc(Cl)c2)[nH]c2c1CCCCC2. The van der Waals surface area contributed by atoms with Gasteiger partial charge in [0, 0.05) is 21.8 Å². The Labute approximate surface area is 122 Å². The molecule has 0 fully saturated rings. The molecule has 1 heterocycles. The fourth-order valence-electron chi connectivity index (χ4n) is 2.57. The van der Waals surface area contributed by atoms with Crippen molar-refractivity contribution in [3.8, 4) is 11.4 Å². The molecule has 1 aromatic heterocycles. The van der Waals surface area contributed by atoms with E-state index < -0.39 is 0 Å². The predicted octanol–water partition coefficient (Wildman–Crippen LogP) is 4.73. The highest BCUT2D eigenvalue weighted by Crippen LogP contribution is 2.24. The fourth-order valence-corrected chi connectivity index (χ4v) is 3.08. The zero-order chi connectivity index (χ0) is 13.2. The second kappa shape index (κ2) is 5.43. The van der Waals surface area contributed by atoms with Crippen LogP contribution in [0.4, 0.5) is 0 Å². The number of aromatic amines is 1. The zero-order valence-electron chi connectivity index (χ0n) is 10.6. The van der Waals surface area contributed by atoms with E-state index in [2.05, 4.69) is 9.97 Å². The van der Waals surface area contributed by atoms with Gasteiger partial charge >= 0.3 is 0 Å². The molecule has 0 atom stereocenters. The van der Waals surface area contributed by atoms with Gasteiger partial charge in [-0.15, -0.1) is 0 Å². The molecular weight excluding hydrogens is 276 g/mol. The molecule has 0 bridgehead atoms. The number of halogens is 1. The monoisotopic (exact) mass is 290 g/mol. The molecule has 1 aromatic carbocycles. The summed E-state index contributed by atoms with van der Waals surface area (Å²) < 4.78 is 0.741. The van der Waals surface area contributed by atoms with Crippen molar-refractivity contribution in [3.05, 3.63) is 45.2 Å². The van der Waals surface area contributed by atoms with Gasteiger partial charge in [-0.25, -0.2) is 4.98 Å². The molecule has 19 heavy (non-hydrogen) atoms. The van der Waals surface area contributed by atoms with E-state index in [0.29, 0.717) is 5.02 Å². The second-order valence-corrected chi connectivity index (χ2v) is 5.74. The van der Waals surface area contributed by atoms with Crippen molar-refractivity contribution in [2.75, 3.05) is 0 Å². The minimum absolute atomic E-state index is 0.716. The first-order valence-electron chi connectivity index (χ1n) is 6.62. The Morgan fingerprint density at radius 3 is 2.84 bits per heavy atom. The van der Waals surface area contributed by atoms with Gasteiger partial charge in [0.05, 0.1) is 0 Å². The summed E-state index contributed by atoms with van der Waals surface area (Å²) in [5, 5.41) is 0.716. The van der Waals surface area contributed by atoms with E-state index >= 15 is 0 Å². The van der Waals surface area contributed by atoms with Crippen molar-refractivity contribution >= 4 is 23.8 Å². The maximum Gasteiger partial charge on any atom is 0.139 e. The average Bonchev–Trinajstić information content (AvgIpc) is 2.64. The van der Waals surface area contributed by atoms with Gasteiger partial charge in [-0.3, -0.25) is 0 Å². The molecule has 0 aliphatic heterocycles. The fraction of sp³-hybridized carbons (Fsp3) is 0.333. The molecule has 0 saturated carbocycles.